The maximum Gasteiger partial charge on any atom is 0.141 e. The number of nitrogens with zero attached hydrogens (tertiary/aromatic N) is 2. The van der Waals surface area contributed by atoms with Gasteiger partial charge in [0.05, 0.1) is 6.20 Å². The van der Waals surface area contributed by atoms with Crippen molar-refractivity contribution in [2.45, 2.75) is 44.7 Å². The molecule has 0 radical (unpaired) electrons. The van der Waals surface area contributed by atoms with Crippen molar-refractivity contribution in [3.63, 3.8) is 0 Å². The molecule has 0 atom stereocenters. The standard InChI is InChI=1S/C13H20FN3/c1-2-17(12-6-4-11(15)5-7-12)13-8-3-10(14)9-16-13/h3,8-9,11-12H,2,4-7,15H2,1H3. The van der Waals surface area contributed by atoms with Crippen LogP contribution in [0.4, 0.5) is 10.2 Å². The Morgan fingerprint density at radius 3 is 2.59 bits per heavy atom. The molecule has 2 N–H and O–H groups in total. The molecule has 1 fully saturated rings. The fourth-order valence-corrected chi connectivity index (χ4v) is 2.56. The van der Waals surface area contributed by atoms with Gasteiger partial charge in [-0.15, -0.1) is 0 Å². The van der Waals surface area contributed by atoms with E-state index < -0.39 is 0 Å². The van der Waals surface area contributed by atoms with Gasteiger partial charge in [-0.3, -0.25) is 0 Å². The van der Waals surface area contributed by atoms with Crippen LogP contribution in [0.15, 0.2) is 18.3 Å². The minimum absolute atomic E-state index is 0.282. The molecule has 1 aliphatic carbocycles. The molecule has 1 heterocycles. The molecular formula is C13H20FN3. The van der Waals surface area contributed by atoms with E-state index in [1.54, 1.807) is 6.07 Å². The van der Waals surface area contributed by atoms with Crippen LogP contribution in [0.3, 0.4) is 0 Å². The SMILES string of the molecule is CCN(c1ccc(F)cn1)C1CCC(N)CC1. The number of pyridine rings is 1. The number of aromatic nitrogens is 1. The first-order valence-corrected chi connectivity index (χ1v) is 6.34. The number of hydrogen-bond donors (Lipinski definition) is 1. The van der Waals surface area contributed by atoms with Gasteiger partial charge in [0.25, 0.3) is 0 Å². The van der Waals surface area contributed by atoms with Crippen LogP contribution in [0, 0.1) is 5.82 Å². The van der Waals surface area contributed by atoms with E-state index in [9.17, 15) is 4.39 Å². The van der Waals surface area contributed by atoms with Gasteiger partial charge < -0.3 is 10.6 Å². The molecule has 0 saturated heterocycles. The number of nitrogens with two attached hydrogens (primary N) is 1. The van der Waals surface area contributed by atoms with Gasteiger partial charge in [-0.25, -0.2) is 9.37 Å². The average molecular weight is 237 g/mol. The number of halogens is 1. The van der Waals surface area contributed by atoms with Gasteiger partial charge in [0.1, 0.15) is 11.6 Å². The molecule has 0 aromatic carbocycles. The Labute approximate surface area is 102 Å². The topological polar surface area (TPSA) is 42.2 Å². The van der Waals surface area contributed by atoms with Crippen LogP contribution < -0.4 is 10.6 Å². The summed E-state index contributed by atoms with van der Waals surface area (Å²) in [5.74, 6) is 0.588. The number of hydrogen-bond acceptors (Lipinski definition) is 3. The van der Waals surface area contributed by atoms with Gasteiger partial charge in [0.15, 0.2) is 0 Å². The molecule has 0 aliphatic heterocycles. The first-order valence-electron chi connectivity index (χ1n) is 6.34. The number of rotatable bonds is 3. The maximum atomic E-state index is 12.8. The molecule has 0 bridgehead atoms. The highest BCUT2D eigenvalue weighted by Gasteiger charge is 2.24. The second-order valence-corrected chi connectivity index (χ2v) is 4.69. The van der Waals surface area contributed by atoms with E-state index in [1.165, 1.54) is 12.3 Å². The molecule has 94 valence electrons. The molecule has 1 aliphatic rings. The van der Waals surface area contributed by atoms with Gasteiger partial charge in [0, 0.05) is 18.6 Å². The third-order valence-electron chi connectivity index (χ3n) is 3.53. The van der Waals surface area contributed by atoms with E-state index in [0.29, 0.717) is 12.1 Å². The van der Waals surface area contributed by atoms with Gasteiger partial charge >= 0.3 is 0 Å². The lowest BCUT2D eigenvalue weighted by Crippen LogP contribution is -2.41. The Morgan fingerprint density at radius 2 is 2.06 bits per heavy atom. The van der Waals surface area contributed by atoms with Crippen LogP contribution in [0.2, 0.25) is 0 Å². The summed E-state index contributed by atoms with van der Waals surface area (Å²) in [5.41, 5.74) is 5.91. The number of anilines is 1. The van der Waals surface area contributed by atoms with Crippen molar-refractivity contribution in [1.82, 2.24) is 4.98 Å². The van der Waals surface area contributed by atoms with Crippen molar-refractivity contribution in [2.75, 3.05) is 11.4 Å². The highest BCUT2D eigenvalue weighted by molar-refractivity contribution is 5.39. The van der Waals surface area contributed by atoms with Crippen LogP contribution in [-0.4, -0.2) is 23.6 Å². The zero-order chi connectivity index (χ0) is 12.3. The lowest BCUT2D eigenvalue weighted by molar-refractivity contribution is 0.376. The van der Waals surface area contributed by atoms with E-state index in [2.05, 4.69) is 16.8 Å². The van der Waals surface area contributed by atoms with Crippen molar-refractivity contribution in [2.24, 2.45) is 5.73 Å². The summed E-state index contributed by atoms with van der Waals surface area (Å²) in [6.07, 6.45) is 5.64. The van der Waals surface area contributed by atoms with Crippen LogP contribution >= 0.6 is 0 Å². The van der Waals surface area contributed by atoms with Crippen LogP contribution in [0.25, 0.3) is 0 Å². The van der Waals surface area contributed by atoms with Crippen LogP contribution in [-0.2, 0) is 0 Å². The third kappa shape index (κ3) is 2.94. The maximum absolute atomic E-state index is 12.8. The molecule has 1 aromatic rings. The van der Waals surface area contributed by atoms with Crippen molar-refractivity contribution in [3.8, 4) is 0 Å². The van der Waals surface area contributed by atoms with Gasteiger partial charge in [-0.2, -0.15) is 0 Å². The summed E-state index contributed by atoms with van der Waals surface area (Å²) < 4.78 is 12.8. The van der Waals surface area contributed by atoms with Gasteiger partial charge in [0.2, 0.25) is 0 Å². The third-order valence-corrected chi connectivity index (χ3v) is 3.53. The van der Waals surface area contributed by atoms with Gasteiger partial charge in [-0.1, -0.05) is 0 Å². The lowest BCUT2D eigenvalue weighted by Gasteiger charge is -2.36. The highest BCUT2D eigenvalue weighted by atomic mass is 19.1. The lowest BCUT2D eigenvalue weighted by atomic mass is 9.90. The molecule has 2 rings (SSSR count). The predicted octanol–water partition coefficient (Wildman–Crippen LogP) is 2.32. The monoisotopic (exact) mass is 237 g/mol. The average Bonchev–Trinajstić information content (AvgIpc) is 2.35. The Morgan fingerprint density at radius 1 is 1.35 bits per heavy atom. The fourth-order valence-electron chi connectivity index (χ4n) is 2.56. The molecule has 0 unspecified atom stereocenters. The minimum atomic E-state index is -0.282. The largest absolute Gasteiger partial charge is 0.354 e. The van der Waals surface area contributed by atoms with E-state index >= 15 is 0 Å². The summed E-state index contributed by atoms with van der Waals surface area (Å²) in [5, 5.41) is 0. The summed E-state index contributed by atoms with van der Waals surface area (Å²) in [7, 11) is 0. The highest BCUT2D eigenvalue weighted by Crippen LogP contribution is 2.25. The molecule has 1 aromatic heterocycles. The van der Waals surface area contributed by atoms with Crippen molar-refractivity contribution >= 4 is 5.82 Å². The minimum Gasteiger partial charge on any atom is -0.354 e. The Hall–Kier alpha value is -1.16. The molecule has 4 heteroatoms. The molecule has 1 saturated carbocycles. The van der Waals surface area contributed by atoms with E-state index in [1.807, 2.05) is 0 Å². The van der Waals surface area contributed by atoms with E-state index in [4.69, 9.17) is 5.73 Å². The normalized spacial score (nSPS) is 24.6. The van der Waals surface area contributed by atoms with Gasteiger partial charge in [-0.05, 0) is 44.7 Å². The first-order chi connectivity index (χ1) is 8.20. The van der Waals surface area contributed by atoms with E-state index in [-0.39, 0.29) is 5.82 Å². The second-order valence-electron chi connectivity index (χ2n) is 4.69. The quantitative estimate of drug-likeness (QED) is 0.877. The smallest absolute Gasteiger partial charge is 0.141 e. The molecule has 0 spiro atoms. The first kappa shape index (κ1) is 12.3. The zero-order valence-corrected chi connectivity index (χ0v) is 10.3. The van der Waals surface area contributed by atoms with E-state index in [0.717, 1.165) is 38.0 Å². The van der Waals surface area contributed by atoms with Crippen molar-refractivity contribution in [3.05, 3.63) is 24.1 Å². The summed E-state index contributed by atoms with van der Waals surface area (Å²) in [6, 6.07) is 4.08. The second kappa shape index (κ2) is 5.45. The molecule has 3 nitrogen and oxygen atoms in total. The Bertz CT molecular complexity index is 344. The summed E-state index contributed by atoms with van der Waals surface area (Å²) in [6.45, 7) is 3.01. The molecule has 17 heavy (non-hydrogen) atoms. The molecule has 0 amide bonds. The van der Waals surface area contributed by atoms with Crippen LogP contribution in [0.5, 0.6) is 0 Å². The molecular weight excluding hydrogens is 217 g/mol. The fraction of sp³-hybridized carbons (Fsp3) is 0.615. The summed E-state index contributed by atoms with van der Waals surface area (Å²) >= 11 is 0. The van der Waals surface area contributed by atoms with Crippen molar-refractivity contribution < 1.29 is 4.39 Å². The zero-order valence-electron chi connectivity index (χ0n) is 10.3. The summed E-state index contributed by atoms with van der Waals surface area (Å²) in [4.78, 5) is 6.42. The van der Waals surface area contributed by atoms with Crippen molar-refractivity contribution in [1.29, 1.82) is 0 Å². The Balaban J connectivity index is 2.08. The predicted molar refractivity (Wildman–Crippen MR) is 67.4 cm³/mol. The van der Waals surface area contributed by atoms with Crippen LogP contribution in [0.1, 0.15) is 32.6 Å². The Kier molecular flexibility index (Phi) is 3.94.